The van der Waals surface area contributed by atoms with E-state index in [-0.39, 0.29) is 84.2 Å². The topological polar surface area (TPSA) is 139 Å². The number of carbonyl (C=O) groups excluding carboxylic acids is 6. The molecule has 0 N–H and O–H groups in total. The number of rotatable bonds is 12. The summed E-state index contributed by atoms with van der Waals surface area (Å²) in [4.78, 5) is 83.4. The molecule has 2 aliphatic rings. The van der Waals surface area contributed by atoms with Crippen molar-refractivity contribution in [2.75, 3.05) is 0 Å². The van der Waals surface area contributed by atoms with Crippen LogP contribution in [-0.2, 0) is 50.8 Å². The van der Waals surface area contributed by atoms with Gasteiger partial charge < -0.3 is 18.9 Å². The van der Waals surface area contributed by atoms with E-state index in [1.807, 2.05) is 24.3 Å². The molecule has 292 valence electrons. The molecule has 10 heteroatoms. The van der Waals surface area contributed by atoms with Crippen molar-refractivity contribution in [2.45, 2.75) is 44.7 Å². The first kappa shape index (κ1) is 38.4. The molecule has 6 aromatic rings. The number of hydrogen-bond acceptors (Lipinski definition) is 10. The van der Waals surface area contributed by atoms with Crippen LogP contribution in [0.1, 0.15) is 108 Å². The van der Waals surface area contributed by atoms with E-state index in [0.29, 0.717) is 33.4 Å². The molecule has 0 bridgehead atoms. The van der Waals surface area contributed by atoms with Crippen LogP contribution in [0.5, 0.6) is 0 Å². The molecule has 6 aromatic carbocycles. The van der Waals surface area contributed by atoms with E-state index in [1.165, 1.54) is 24.3 Å². The predicted octanol–water partition coefficient (Wildman–Crippen LogP) is 8.57. The second-order valence-electron chi connectivity index (χ2n) is 14.4. The second-order valence-corrected chi connectivity index (χ2v) is 14.4. The van der Waals surface area contributed by atoms with Crippen LogP contribution in [0.15, 0.2) is 146 Å². The maximum absolute atomic E-state index is 14.0. The molecule has 0 saturated carbocycles. The summed E-state index contributed by atoms with van der Waals surface area (Å²) in [6.07, 6.45) is -0.420. The molecule has 2 aliphatic carbocycles. The van der Waals surface area contributed by atoms with Crippen LogP contribution in [0, 0.1) is 0 Å². The van der Waals surface area contributed by atoms with Crippen molar-refractivity contribution in [2.24, 2.45) is 0 Å². The van der Waals surface area contributed by atoms with Gasteiger partial charge >= 0.3 is 23.9 Å². The fourth-order valence-corrected chi connectivity index (χ4v) is 7.66. The zero-order chi connectivity index (χ0) is 40.9. The average Bonchev–Trinajstić information content (AvgIpc) is 3.72. The van der Waals surface area contributed by atoms with Gasteiger partial charge in [-0.2, -0.15) is 0 Å². The molecule has 0 fully saturated rings. The van der Waals surface area contributed by atoms with E-state index in [0.717, 1.165) is 0 Å². The second kappa shape index (κ2) is 16.6. The highest BCUT2D eigenvalue weighted by atomic mass is 16.5. The van der Waals surface area contributed by atoms with Gasteiger partial charge in [-0.05, 0) is 57.6 Å². The Kier molecular flexibility index (Phi) is 10.8. The van der Waals surface area contributed by atoms with Crippen LogP contribution in [0.3, 0.4) is 0 Å². The van der Waals surface area contributed by atoms with Crippen LogP contribution >= 0.6 is 0 Å². The van der Waals surface area contributed by atoms with Gasteiger partial charge in [0.1, 0.15) is 26.4 Å². The molecular formula is C49H36O10. The number of fused-ring (bicyclic) bond motifs is 4. The number of hydrogen-bond donors (Lipinski definition) is 0. The summed E-state index contributed by atoms with van der Waals surface area (Å²) in [6.45, 7) is -0.376. The van der Waals surface area contributed by atoms with Crippen molar-refractivity contribution in [3.63, 3.8) is 0 Å². The van der Waals surface area contributed by atoms with Crippen LogP contribution < -0.4 is 0 Å². The smallest absolute Gasteiger partial charge is 0.339 e. The van der Waals surface area contributed by atoms with Crippen LogP contribution in [-0.4, -0.2) is 35.4 Å². The van der Waals surface area contributed by atoms with Gasteiger partial charge in [0, 0.05) is 29.4 Å². The van der Waals surface area contributed by atoms with Crippen LogP contribution in [0.25, 0.3) is 0 Å². The number of Topliss-reactive ketones (excluding diaryl/α,β-unsaturated/α-hetero) is 2. The Balaban J connectivity index is 1.20. The quantitative estimate of drug-likeness (QED) is 0.0876. The summed E-state index contributed by atoms with van der Waals surface area (Å²) in [6, 6.07) is 41.5. The minimum Gasteiger partial charge on any atom is -0.457 e. The highest BCUT2D eigenvalue weighted by Crippen LogP contribution is 2.53. The van der Waals surface area contributed by atoms with Crippen LogP contribution in [0.4, 0.5) is 0 Å². The third kappa shape index (κ3) is 7.93. The molecule has 10 nitrogen and oxygen atoms in total. The monoisotopic (exact) mass is 784 g/mol. The molecule has 8 rings (SSSR count). The Morgan fingerprint density at radius 3 is 0.915 bits per heavy atom. The minimum atomic E-state index is -1.35. The summed E-state index contributed by atoms with van der Waals surface area (Å²) < 4.78 is 22.6. The third-order valence-electron chi connectivity index (χ3n) is 10.6. The third-order valence-corrected chi connectivity index (χ3v) is 10.6. The SMILES string of the molecule is O=C(OCc1ccccc1)c1cc2c(cc1C(=O)OCc1ccccc1)C1(CC2=O)CC(=O)c2cc(C(=O)OCc3ccccc3)c(C(=O)OCc3ccccc3)cc21. The van der Waals surface area contributed by atoms with Crippen molar-refractivity contribution >= 4 is 35.4 Å². The lowest BCUT2D eigenvalue weighted by Crippen LogP contribution is -2.24. The van der Waals surface area contributed by atoms with Gasteiger partial charge in [0.05, 0.1) is 22.3 Å². The van der Waals surface area contributed by atoms with Gasteiger partial charge in [0.2, 0.25) is 0 Å². The summed E-state index contributed by atoms with van der Waals surface area (Å²) in [5.41, 5.74) is 1.71. The lowest BCUT2D eigenvalue weighted by Gasteiger charge is -2.26. The summed E-state index contributed by atoms with van der Waals surface area (Å²) >= 11 is 0. The van der Waals surface area contributed by atoms with Gasteiger partial charge in [-0.1, -0.05) is 121 Å². The fraction of sp³-hybridized carbons (Fsp3) is 0.143. The number of ketones is 2. The van der Waals surface area contributed by atoms with E-state index in [2.05, 4.69) is 0 Å². The molecule has 0 saturated heterocycles. The molecule has 0 aromatic heterocycles. The zero-order valence-corrected chi connectivity index (χ0v) is 31.7. The van der Waals surface area contributed by atoms with Crippen molar-refractivity contribution in [1.29, 1.82) is 0 Å². The molecule has 59 heavy (non-hydrogen) atoms. The summed E-state index contributed by atoms with van der Waals surface area (Å²) in [5, 5.41) is 0. The Morgan fingerprint density at radius 1 is 0.390 bits per heavy atom. The summed E-state index contributed by atoms with van der Waals surface area (Å²) in [7, 11) is 0. The van der Waals surface area contributed by atoms with E-state index in [1.54, 1.807) is 97.1 Å². The van der Waals surface area contributed by atoms with E-state index in [9.17, 15) is 28.8 Å². The highest BCUT2D eigenvalue weighted by Gasteiger charge is 2.53. The lowest BCUT2D eigenvalue weighted by molar-refractivity contribution is 0.0425. The van der Waals surface area contributed by atoms with Crippen molar-refractivity contribution in [3.8, 4) is 0 Å². The first-order valence-electron chi connectivity index (χ1n) is 19.0. The fourth-order valence-electron chi connectivity index (χ4n) is 7.66. The van der Waals surface area contributed by atoms with Gasteiger partial charge in [-0.25, -0.2) is 19.2 Å². The van der Waals surface area contributed by atoms with Crippen molar-refractivity contribution < 1.29 is 47.7 Å². The van der Waals surface area contributed by atoms with E-state index >= 15 is 0 Å². The predicted molar refractivity (Wildman–Crippen MR) is 214 cm³/mol. The van der Waals surface area contributed by atoms with Gasteiger partial charge in [-0.3, -0.25) is 9.59 Å². The first-order chi connectivity index (χ1) is 28.7. The standard InChI is InChI=1S/C49H36O10/c50-43-25-49(41-23-37(47(54)58-29-33-17-9-3-10-18-33)35(21-39(41)43)45(52)56-27-31-13-5-1-6-14-31)26-44(51)40-22-36(46(53)57-28-32-15-7-2-8-16-32)38(24-42(40)49)48(55)59-30-34-19-11-4-12-20-34/h1-24H,25-30H2. The van der Waals surface area contributed by atoms with Crippen LogP contribution in [0.2, 0.25) is 0 Å². The molecule has 0 amide bonds. The Morgan fingerprint density at radius 2 is 0.644 bits per heavy atom. The first-order valence-corrected chi connectivity index (χ1v) is 19.0. The highest BCUT2D eigenvalue weighted by molar-refractivity contribution is 6.14. The minimum absolute atomic E-state index is 0.0890. The van der Waals surface area contributed by atoms with Gasteiger partial charge in [0.15, 0.2) is 11.6 Å². The molecule has 0 unspecified atom stereocenters. The molecule has 0 atom stereocenters. The molecule has 0 radical (unpaired) electrons. The summed E-state index contributed by atoms with van der Waals surface area (Å²) in [5.74, 6) is -4.15. The molecule has 0 heterocycles. The Hall–Kier alpha value is -7.46. The van der Waals surface area contributed by atoms with Gasteiger partial charge in [-0.15, -0.1) is 0 Å². The zero-order valence-electron chi connectivity index (χ0n) is 31.7. The number of ether oxygens (including phenoxy) is 4. The largest absolute Gasteiger partial charge is 0.457 e. The Labute approximate surface area is 339 Å². The Bertz CT molecular complexity index is 2420. The normalized spacial score (nSPS) is 13.4. The molecule has 0 aliphatic heterocycles. The van der Waals surface area contributed by atoms with E-state index in [4.69, 9.17) is 18.9 Å². The number of carbonyl (C=O) groups is 6. The van der Waals surface area contributed by atoms with E-state index < -0.39 is 29.3 Å². The molecule has 1 spiro atoms. The molecular weight excluding hydrogens is 749 g/mol. The number of benzene rings is 6. The van der Waals surface area contributed by atoms with Crippen molar-refractivity contribution in [3.05, 3.63) is 212 Å². The average molecular weight is 785 g/mol. The number of esters is 4. The lowest BCUT2D eigenvalue weighted by atomic mass is 9.75. The maximum Gasteiger partial charge on any atom is 0.339 e. The maximum atomic E-state index is 14.0. The van der Waals surface area contributed by atoms with Crippen molar-refractivity contribution in [1.82, 2.24) is 0 Å². The van der Waals surface area contributed by atoms with Gasteiger partial charge in [0.25, 0.3) is 0 Å².